The molecule has 1 fully saturated rings. The third-order valence-electron chi connectivity index (χ3n) is 3.22. The summed E-state index contributed by atoms with van der Waals surface area (Å²) < 4.78 is 0. The van der Waals surface area contributed by atoms with Crippen LogP contribution in [0, 0.1) is 0 Å². The zero-order valence-electron chi connectivity index (χ0n) is 12.0. The van der Waals surface area contributed by atoms with Crippen LogP contribution in [0.2, 0.25) is 0 Å². The average molecular weight is 288 g/mol. The largest absolute Gasteiger partial charge is 0.481 e. The van der Waals surface area contributed by atoms with Crippen molar-refractivity contribution in [1.82, 2.24) is 9.80 Å². The molecule has 0 radical (unpaired) electrons. The molecule has 110 valence electrons. The van der Waals surface area contributed by atoms with Gasteiger partial charge in [-0.2, -0.15) is 11.8 Å². The molecule has 0 saturated carbocycles. The SMILES string of the molecule is CCCN(C(=O)N1CCSCC1CC(=O)O)C(C)C. The number of hydrogen-bond acceptors (Lipinski definition) is 3. The molecule has 0 aliphatic carbocycles. The minimum absolute atomic E-state index is 0.0107. The third-order valence-corrected chi connectivity index (χ3v) is 4.31. The maximum absolute atomic E-state index is 12.6. The molecule has 1 rings (SSSR count). The Bertz CT molecular complexity index is 323. The Morgan fingerprint density at radius 1 is 1.47 bits per heavy atom. The number of carboxylic acid groups (broad SMARTS) is 1. The van der Waals surface area contributed by atoms with Crippen LogP contribution in [0.4, 0.5) is 4.79 Å². The first-order valence-electron chi connectivity index (χ1n) is 6.84. The lowest BCUT2D eigenvalue weighted by Gasteiger charge is -2.39. The maximum Gasteiger partial charge on any atom is 0.320 e. The topological polar surface area (TPSA) is 60.9 Å². The van der Waals surface area contributed by atoms with Crippen molar-refractivity contribution in [3.05, 3.63) is 0 Å². The first-order chi connectivity index (χ1) is 8.97. The van der Waals surface area contributed by atoms with E-state index >= 15 is 0 Å². The Balaban J connectivity index is 2.77. The fraction of sp³-hybridized carbons (Fsp3) is 0.846. The van der Waals surface area contributed by atoms with Crippen molar-refractivity contribution < 1.29 is 14.7 Å². The molecule has 0 aromatic heterocycles. The number of aliphatic carboxylic acids is 1. The summed E-state index contributed by atoms with van der Waals surface area (Å²) in [5, 5.41) is 8.96. The lowest BCUT2D eigenvalue weighted by Crippen LogP contribution is -2.54. The number of hydrogen-bond donors (Lipinski definition) is 1. The van der Waals surface area contributed by atoms with Crippen LogP contribution in [0.15, 0.2) is 0 Å². The van der Waals surface area contributed by atoms with Gasteiger partial charge in [0.05, 0.1) is 12.5 Å². The van der Waals surface area contributed by atoms with E-state index in [2.05, 4.69) is 0 Å². The van der Waals surface area contributed by atoms with Crippen molar-refractivity contribution >= 4 is 23.8 Å². The molecule has 1 aliphatic rings. The van der Waals surface area contributed by atoms with Gasteiger partial charge in [0.1, 0.15) is 0 Å². The molecule has 1 heterocycles. The second-order valence-corrected chi connectivity index (χ2v) is 6.24. The Hall–Kier alpha value is -0.910. The molecule has 1 saturated heterocycles. The van der Waals surface area contributed by atoms with Gasteiger partial charge in [0.15, 0.2) is 0 Å². The van der Waals surface area contributed by atoms with Gasteiger partial charge in [-0.1, -0.05) is 6.92 Å². The van der Waals surface area contributed by atoms with E-state index in [-0.39, 0.29) is 24.5 Å². The minimum atomic E-state index is -0.836. The van der Waals surface area contributed by atoms with Crippen molar-refractivity contribution in [2.75, 3.05) is 24.6 Å². The van der Waals surface area contributed by atoms with Gasteiger partial charge < -0.3 is 14.9 Å². The van der Waals surface area contributed by atoms with Gasteiger partial charge in [-0.25, -0.2) is 4.79 Å². The fourth-order valence-corrected chi connectivity index (χ4v) is 3.32. The zero-order chi connectivity index (χ0) is 14.4. The van der Waals surface area contributed by atoms with E-state index in [9.17, 15) is 9.59 Å². The van der Waals surface area contributed by atoms with Crippen molar-refractivity contribution in [2.24, 2.45) is 0 Å². The van der Waals surface area contributed by atoms with Crippen LogP contribution in [0.1, 0.15) is 33.6 Å². The van der Waals surface area contributed by atoms with Gasteiger partial charge in [-0.3, -0.25) is 4.79 Å². The predicted molar refractivity (Wildman–Crippen MR) is 77.6 cm³/mol. The molecule has 0 bridgehead atoms. The summed E-state index contributed by atoms with van der Waals surface area (Å²) in [7, 11) is 0. The first kappa shape index (κ1) is 16.1. The van der Waals surface area contributed by atoms with Gasteiger partial charge >= 0.3 is 12.0 Å². The molecule has 0 spiro atoms. The lowest BCUT2D eigenvalue weighted by molar-refractivity contribution is -0.138. The van der Waals surface area contributed by atoms with E-state index in [1.807, 2.05) is 25.7 Å². The summed E-state index contributed by atoms with van der Waals surface area (Å²) in [6, 6.07) is -0.0437. The van der Waals surface area contributed by atoms with E-state index in [1.165, 1.54) is 0 Å². The van der Waals surface area contributed by atoms with Gasteiger partial charge in [0.25, 0.3) is 0 Å². The lowest BCUT2D eigenvalue weighted by atomic mass is 10.2. The first-order valence-corrected chi connectivity index (χ1v) is 7.99. The fourth-order valence-electron chi connectivity index (χ4n) is 2.26. The molecule has 1 aliphatic heterocycles. The molecule has 1 N–H and O–H groups in total. The molecular formula is C13H24N2O3S. The number of urea groups is 1. The molecule has 2 amide bonds. The second-order valence-electron chi connectivity index (χ2n) is 5.09. The van der Waals surface area contributed by atoms with Gasteiger partial charge in [0, 0.05) is 30.6 Å². The molecule has 19 heavy (non-hydrogen) atoms. The van der Waals surface area contributed by atoms with Crippen LogP contribution in [0.3, 0.4) is 0 Å². The Morgan fingerprint density at radius 2 is 2.16 bits per heavy atom. The number of carbonyl (C=O) groups excluding carboxylic acids is 1. The number of amides is 2. The highest BCUT2D eigenvalue weighted by Gasteiger charge is 2.32. The van der Waals surface area contributed by atoms with Crippen molar-refractivity contribution in [2.45, 2.75) is 45.7 Å². The van der Waals surface area contributed by atoms with Crippen molar-refractivity contribution in [1.29, 1.82) is 0 Å². The van der Waals surface area contributed by atoms with Crippen molar-refractivity contribution in [3.8, 4) is 0 Å². The molecule has 6 heteroatoms. The third kappa shape index (κ3) is 4.60. The molecular weight excluding hydrogens is 264 g/mol. The molecule has 5 nitrogen and oxygen atoms in total. The van der Waals surface area contributed by atoms with E-state index in [1.54, 1.807) is 16.7 Å². The van der Waals surface area contributed by atoms with Crippen LogP contribution >= 0.6 is 11.8 Å². The van der Waals surface area contributed by atoms with Crippen molar-refractivity contribution in [3.63, 3.8) is 0 Å². The van der Waals surface area contributed by atoms with E-state index in [0.29, 0.717) is 6.54 Å². The summed E-state index contributed by atoms with van der Waals surface area (Å²) in [4.78, 5) is 27.1. The summed E-state index contributed by atoms with van der Waals surface area (Å²) in [6.45, 7) is 7.41. The van der Waals surface area contributed by atoms with Crippen LogP contribution in [0.25, 0.3) is 0 Å². The molecule has 0 aromatic rings. The van der Waals surface area contributed by atoms with Crippen LogP contribution in [-0.4, -0.2) is 63.6 Å². The quantitative estimate of drug-likeness (QED) is 0.842. The second kappa shape index (κ2) is 7.62. The molecule has 0 aromatic carbocycles. The maximum atomic E-state index is 12.6. The normalized spacial score (nSPS) is 19.6. The number of thioether (sulfide) groups is 1. The van der Waals surface area contributed by atoms with Gasteiger partial charge in [-0.05, 0) is 20.3 Å². The summed E-state index contributed by atoms with van der Waals surface area (Å²) in [5.74, 6) is 0.771. The molecule has 1 atom stereocenters. The summed E-state index contributed by atoms with van der Waals surface area (Å²) in [5.41, 5.74) is 0. The van der Waals surface area contributed by atoms with Crippen LogP contribution in [-0.2, 0) is 4.79 Å². The summed E-state index contributed by atoms with van der Waals surface area (Å²) in [6.07, 6.45) is 0.951. The van der Waals surface area contributed by atoms with Gasteiger partial charge in [0.2, 0.25) is 0 Å². The highest BCUT2D eigenvalue weighted by molar-refractivity contribution is 7.99. The predicted octanol–water partition coefficient (Wildman–Crippen LogP) is 2.12. The Labute approximate surface area is 119 Å². The average Bonchev–Trinajstić information content (AvgIpc) is 2.34. The Morgan fingerprint density at radius 3 is 2.68 bits per heavy atom. The number of nitrogens with zero attached hydrogens (tertiary/aromatic N) is 2. The Kier molecular flexibility index (Phi) is 6.48. The highest BCUT2D eigenvalue weighted by atomic mass is 32.2. The smallest absolute Gasteiger partial charge is 0.320 e. The number of carbonyl (C=O) groups is 2. The van der Waals surface area contributed by atoms with E-state index in [0.717, 1.165) is 24.5 Å². The standard InChI is InChI=1S/C13H24N2O3S/c1-4-5-14(10(2)3)13(18)15-6-7-19-9-11(15)8-12(16)17/h10-11H,4-9H2,1-3H3,(H,16,17). The monoisotopic (exact) mass is 288 g/mol. The minimum Gasteiger partial charge on any atom is -0.481 e. The van der Waals surface area contributed by atoms with Crippen LogP contribution < -0.4 is 0 Å². The van der Waals surface area contributed by atoms with Crippen LogP contribution in [0.5, 0.6) is 0 Å². The summed E-state index contributed by atoms with van der Waals surface area (Å²) >= 11 is 1.72. The number of carboxylic acids is 1. The highest BCUT2D eigenvalue weighted by Crippen LogP contribution is 2.21. The van der Waals surface area contributed by atoms with E-state index < -0.39 is 5.97 Å². The van der Waals surface area contributed by atoms with E-state index in [4.69, 9.17) is 5.11 Å². The van der Waals surface area contributed by atoms with Gasteiger partial charge in [-0.15, -0.1) is 0 Å². The zero-order valence-corrected chi connectivity index (χ0v) is 12.8. The number of rotatable bonds is 5. The molecule has 1 unspecified atom stereocenters.